The highest BCUT2D eigenvalue weighted by Crippen LogP contribution is 2.22. The fourth-order valence-electron chi connectivity index (χ4n) is 2.30. The Morgan fingerprint density at radius 3 is 3.00 bits per heavy atom. The molecule has 1 aromatic rings. The molecule has 104 valence electrons. The predicted molar refractivity (Wildman–Crippen MR) is 72.2 cm³/mol. The predicted octanol–water partition coefficient (Wildman–Crippen LogP) is 2.08. The largest absolute Gasteiger partial charge is 0.481 e. The van der Waals surface area contributed by atoms with E-state index in [4.69, 9.17) is 9.52 Å². The number of aliphatic carboxylic acids is 1. The van der Waals surface area contributed by atoms with Gasteiger partial charge in [0.2, 0.25) is 0 Å². The molecule has 19 heavy (non-hydrogen) atoms. The number of rotatable bonds is 5. The van der Waals surface area contributed by atoms with Crippen LogP contribution < -0.4 is 0 Å². The molecule has 1 aromatic heterocycles. The monoisotopic (exact) mass is 283 g/mol. The molecule has 6 heteroatoms. The zero-order valence-electron chi connectivity index (χ0n) is 10.8. The molecule has 1 atom stereocenters. The van der Waals surface area contributed by atoms with E-state index in [1.807, 2.05) is 12.3 Å². The number of carboxylic acids is 1. The van der Waals surface area contributed by atoms with Gasteiger partial charge in [-0.05, 0) is 30.7 Å². The summed E-state index contributed by atoms with van der Waals surface area (Å²) in [6.45, 7) is 1.11. The normalized spacial score (nSPS) is 18.8. The van der Waals surface area contributed by atoms with Gasteiger partial charge in [-0.2, -0.15) is 11.8 Å². The molecule has 1 fully saturated rings. The standard InChI is InChI=1S/C13H17NO4S/c1-19-8-10-2-3-11(18-10)13(17)14-5-4-9(7-14)6-12(15)16/h2-3,9H,4-8H2,1H3,(H,15,16). The van der Waals surface area contributed by atoms with Gasteiger partial charge < -0.3 is 14.4 Å². The Labute approximate surface area is 116 Å². The molecule has 5 nitrogen and oxygen atoms in total. The molecular formula is C13H17NO4S. The third-order valence-corrected chi connectivity index (χ3v) is 3.77. The number of carbonyl (C=O) groups excluding carboxylic acids is 1. The highest BCUT2D eigenvalue weighted by Gasteiger charge is 2.29. The summed E-state index contributed by atoms with van der Waals surface area (Å²) >= 11 is 1.64. The second kappa shape index (κ2) is 6.14. The number of furan rings is 1. The van der Waals surface area contributed by atoms with E-state index in [1.165, 1.54) is 0 Å². The van der Waals surface area contributed by atoms with Crippen LogP contribution in [-0.4, -0.2) is 41.2 Å². The van der Waals surface area contributed by atoms with E-state index in [9.17, 15) is 9.59 Å². The fraction of sp³-hybridized carbons (Fsp3) is 0.538. The molecule has 0 saturated carbocycles. The van der Waals surface area contributed by atoms with Gasteiger partial charge in [0.1, 0.15) is 5.76 Å². The third-order valence-electron chi connectivity index (χ3n) is 3.20. The number of amides is 1. The lowest BCUT2D eigenvalue weighted by Gasteiger charge is -2.14. The van der Waals surface area contributed by atoms with Gasteiger partial charge in [0.05, 0.1) is 5.75 Å². The number of carbonyl (C=O) groups is 2. The van der Waals surface area contributed by atoms with Crippen molar-refractivity contribution in [2.45, 2.75) is 18.6 Å². The summed E-state index contributed by atoms with van der Waals surface area (Å²) in [5.74, 6) is 0.994. The number of thioether (sulfide) groups is 1. The second-order valence-corrected chi connectivity index (χ2v) is 5.57. The average Bonchev–Trinajstić information content (AvgIpc) is 2.97. The third kappa shape index (κ3) is 3.53. The van der Waals surface area contributed by atoms with Crippen molar-refractivity contribution in [2.75, 3.05) is 19.3 Å². The summed E-state index contributed by atoms with van der Waals surface area (Å²) in [4.78, 5) is 24.5. The molecule has 1 aliphatic rings. The van der Waals surface area contributed by atoms with Gasteiger partial charge in [-0.1, -0.05) is 0 Å². The molecule has 0 spiro atoms. The molecule has 0 aliphatic carbocycles. The summed E-state index contributed by atoms with van der Waals surface area (Å²) in [5, 5.41) is 8.75. The number of carboxylic acid groups (broad SMARTS) is 1. The van der Waals surface area contributed by atoms with Crippen LogP contribution >= 0.6 is 11.8 Å². The van der Waals surface area contributed by atoms with Crippen molar-refractivity contribution in [2.24, 2.45) is 5.92 Å². The first-order valence-electron chi connectivity index (χ1n) is 6.19. The van der Waals surface area contributed by atoms with Crippen LogP contribution in [0.3, 0.4) is 0 Å². The average molecular weight is 283 g/mol. The smallest absolute Gasteiger partial charge is 0.303 e. The lowest BCUT2D eigenvalue weighted by molar-refractivity contribution is -0.138. The minimum absolute atomic E-state index is 0.0575. The van der Waals surface area contributed by atoms with E-state index in [2.05, 4.69) is 0 Å². The molecule has 0 radical (unpaired) electrons. The number of hydrogen-bond acceptors (Lipinski definition) is 4. The molecule has 2 heterocycles. The van der Waals surface area contributed by atoms with Crippen LogP contribution in [0.4, 0.5) is 0 Å². The topological polar surface area (TPSA) is 70.8 Å². The fourth-order valence-corrected chi connectivity index (χ4v) is 2.74. The molecule has 1 unspecified atom stereocenters. The first kappa shape index (κ1) is 14.0. The maximum atomic E-state index is 12.2. The maximum Gasteiger partial charge on any atom is 0.303 e. The van der Waals surface area contributed by atoms with Gasteiger partial charge in [0, 0.05) is 19.5 Å². The van der Waals surface area contributed by atoms with Crippen molar-refractivity contribution in [3.05, 3.63) is 23.7 Å². The van der Waals surface area contributed by atoms with E-state index in [-0.39, 0.29) is 18.2 Å². The molecule has 1 amide bonds. The zero-order chi connectivity index (χ0) is 13.8. The van der Waals surface area contributed by atoms with Gasteiger partial charge in [0.15, 0.2) is 5.76 Å². The van der Waals surface area contributed by atoms with E-state index >= 15 is 0 Å². The molecule has 0 bridgehead atoms. The van der Waals surface area contributed by atoms with Crippen LogP contribution in [0.2, 0.25) is 0 Å². The molecule has 1 saturated heterocycles. The maximum absolute atomic E-state index is 12.2. The van der Waals surface area contributed by atoms with Crippen LogP contribution in [-0.2, 0) is 10.5 Å². The summed E-state index contributed by atoms with van der Waals surface area (Å²) in [6.07, 6.45) is 2.84. The molecular weight excluding hydrogens is 266 g/mol. The first-order chi connectivity index (χ1) is 9.10. The lowest BCUT2D eigenvalue weighted by Crippen LogP contribution is -2.28. The van der Waals surface area contributed by atoms with E-state index in [0.29, 0.717) is 18.8 Å². The minimum Gasteiger partial charge on any atom is -0.481 e. The Kier molecular flexibility index (Phi) is 4.52. The second-order valence-electron chi connectivity index (χ2n) is 4.70. The van der Waals surface area contributed by atoms with Crippen LogP contribution in [0.1, 0.15) is 29.2 Å². The Bertz CT molecular complexity index is 471. The van der Waals surface area contributed by atoms with Crippen molar-refractivity contribution in [3.63, 3.8) is 0 Å². The lowest BCUT2D eigenvalue weighted by atomic mass is 10.1. The van der Waals surface area contributed by atoms with Crippen LogP contribution in [0, 0.1) is 5.92 Å². The summed E-state index contributed by atoms with van der Waals surface area (Å²) in [5.41, 5.74) is 0. The van der Waals surface area contributed by atoms with Crippen molar-refractivity contribution in [3.8, 4) is 0 Å². The van der Waals surface area contributed by atoms with E-state index < -0.39 is 5.97 Å². The highest BCUT2D eigenvalue weighted by atomic mass is 32.2. The molecule has 1 N–H and O–H groups in total. The van der Waals surface area contributed by atoms with Crippen molar-refractivity contribution >= 4 is 23.6 Å². The molecule has 1 aliphatic heterocycles. The van der Waals surface area contributed by atoms with Crippen molar-refractivity contribution < 1.29 is 19.1 Å². The van der Waals surface area contributed by atoms with Crippen molar-refractivity contribution in [1.29, 1.82) is 0 Å². The van der Waals surface area contributed by atoms with E-state index in [0.717, 1.165) is 17.9 Å². The first-order valence-corrected chi connectivity index (χ1v) is 7.58. The van der Waals surface area contributed by atoms with Crippen LogP contribution in [0.15, 0.2) is 16.5 Å². The summed E-state index contributed by atoms with van der Waals surface area (Å²) in [7, 11) is 0. The zero-order valence-corrected chi connectivity index (χ0v) is 11.6. The summed E-state index contributed by atoms with van der Waals surface area (Å²) in [6, 6.07) is 3.51. The number of hydrogen-bond donors (Lipinski definition) is 1. The number of nitrogens with zero attached hydrogens (tertiary/aromatic N) is 1. The Morgan fingerprint density at radius 1 is 1.53 bits per heavy atom. The van der Waals surface area contributed by atoms with Gasteiger partial charge in [-0.25, -0.2) is 0 Å². The van der Waals surface area contributed by atoms with Gasteiger partial charge in [-0.3, -0.25) is 9.59 Å². The molecule has 2 rings (SSSR count). The SMILES string of the molecule is CSCc1ccc(C(=O)N2CCC(CC(=O)O)C2)o1. The highest BCUT2D eigenvalue weighted by molar-refractivity contribution is 7.97. The van der Waals surface area contributed by atoms with Gasteiger partial charge in [0.25, 0.3) is 5.91 Å². The van der Waals surface area contributed by atoms with Gasteiger partial charge >= 0.3 is 5.97 Å². The van der Waals surface area contributed by atoms with Gasteiger partial charge in [-0.15, -0.1) is 0 Å². The van der Waals surface area contributed by atoms with Crippen molar-refractivity contribution in [1.82, 2.24) is 4.90 Å². The Morgan fingerprint density at radius 2 is 2.32 bits per heavy atom. The van der Waals surface area contributed by atoms with E-state index in [1.54, 1.807) is 22.7 Å². The molecule has 0 aromatic carbocycles. The minimum atomic E-state index is -0.806. The Hall–Kier alpha value is -1.43. The van der Waals surface area contributed by atoms with Crippen LogP contribution in [0.5, 0.6) is 0 Å². The quantitative estimate of drug-likeness (QED) is 0.896. The van der Waals surface area contributed by atoms with Crippen LogP contribution in [0.25, 0.3) is 0 Å². The number of likely N-dealkylation sites (tertiary alicyclic amines) is 1. The summed E-state index contributed by atoms with van der Waals surface area (Å²) < 4.78 is 5.49. The Balaban J connectivity index is 1.94.